The zero-order valence-electron chi connectivity index (χ0n) is 15.0. The molecular formula is C18H18BrN3O4S. The number of ether oxygens (including phenoxy) is 2. The zero-order chi connectivity index (χ0) is 19.6. The molecule has 27 heavy (non-hydrogen) atoms. The number of benzene rings is 1. The maximum absolute atomic E-state index is 13.1. The minimum Gasteiger partial charge on any atom is -0.454 e. The molecule has 142 valence electrons. The van der Waals surface area contributed by atoms with Crippen molar-refractivity contribution in [3.8, 4) is 17.6 Å². The summed E-state index contributed by atoms with van der Waals surface area (Å²) in [6.45, 7) is 3.73. The lowest BCUT2D eigenvalue weighted by molar-refractivity contribution is -0.139. The standard InChI is InChI=1S/C18H18BrN3O4S/c1-9-15(23)22-14(10-4-12-13(5-11(10)19)26-8-25-12)17(2,7-20)6-18(22,27-9)16(24)21-3/h4-5,9,14H,6,8H2,1-3H3,(H,21,24). The molecule has 2 fully saturated rings. The van der Waals surface area contributed by atoms with Crippen molar-refractivity contribution in [2.24, 2.45) is 5.41 Å². The van der Waals surface area contributed by atoms with Crippen LogP contribution in [0.4, 0.5) is 0 Å². The van der Waals surface area contributed by atoms with Crippen molar-refractivity contribution in [1.29, 1.82) is 5.26 Å². The fourth-order valence-corrected chi connectivity index (χ4v) is 6.52. The Labute approximate surface area is 169 Å². The summed E-state index contributed by atoms with van der Waals surface area (Å²) in [6, 6.07) is 5.37. The average molecular weight is 452 g/mol. The Balaban J connectivity index is 1.92. The molecule has 1 aromatic carbocycles. The Morgan fingerprint density at radius 1 is 1.44 bits per heavy atom. The van der Waals surface area contributed by atoms with Crippen LogP contribution in [0.2, 0.25) is 0 Å². The van der Waals surface area contributed by atoms with Crippen LogP contribution in [-0.4, -0.2) is 40.7 Å². The fraction of sp³-hybridized carbons (Fsp3) is 0.500. The number of nitrogens with one attached hydrogen (secondary N) is 1. The molecule has 0 spiro atoms. The summed E-state index contributed by atoms with van der Waals surface area (Å²) in [5, 5.41) is 12.3. The number of thioether (sulfide) groups is 1. The van der Waals surface area contributed by atoms with Crippen LogP contribution in [0.3, 0.4) is 0 Å². The average Bonchev–Trinajstić information content (AvgIpc) is 3.26. The van der Waals surface area contributed by atoms with Crippen LogP contribution < -0.4 is 14.8 Å². The number of likely N-dealkylation sites (N-methyl/N-ethyl adjacent to an activating group) is 1. The van der Waals surface area contributed by atoms with Gasteiger partial charge < -0.3 is 19.7 Å². The fourth-order valence-electron chi connectivity index (χ4n) is 4.28. The number of amides is 2. The molecule has 4 atom stereocenters. The van der Waals surface area contributed by atoms with Gasteiger partial charge >= 0.3 is 0 Å². The number of rotatable bonds is 2. The van der Waals surface area contributed by atoms with Gasteiger partial charge in [-0.25, -0.2) is 0 Å². The molecule has 3 aliphatic rings. The summed E-state index contributed by atoms with van der Waals surface area (Å²) < 4.78 is 11.6. The lowest BCUT2D eigenvalue weighted by atomic mass is 9.79. The molecule has 4 unspecified atom stereocenters. The number of nitriles is 1. The SMILES string of the molecule is CNC(=O)C12CC(C)(C#N)C(c3cc4c(cc3Br)OCO4)N1C(=O)C(C)S2. The third kappa shape index (κ3) is 2.39. The quantitative estimate of drug-likeness (QED) is 0.742. The van der Waals surface area contributed by atoms with E-state index in [9.17, 15) is 14.9 Å². The lowest BCUT2D eigenvalue weighted by Gasteiger charge is -2.34. The number of halogens is 1. The minimum atomic E-state index is -1.10. The molecule has 2 amide bonds. The maximum atomic E-state index is 13.1. The Hall–Kier alpha value is -1.92. The van der Waals surface area contributed by atoms with Crippen molar-refractivity contribution in [2.75, 3.05) is 13.8 Å². The maximum Gasteiger partial charge on any atom is 0.256 e. The first-order valence-electron chi connectivity index (χ1n) is 8.51. The van der Waals surface area contributed by atoms with E-state index in [2.05, 4.69) is 27.3 Å². The zero-order valence-corrected chi connectivity index (χ0v) is 17.4. The molecule has 0 saturated carbocycles. The van der Waals surface area contributed by atoms with Gasteiger partial charge in [-0.1, -0.05) is 15.9 Å². The smallest absolute Gasteiger partial charge is 0.256 e. The van der Waals surface area contributed by atoms with Gasteiger partial charge in [-0.2, -0.15) is 5.26 Å². The highest BCUT2D eigenvalue weighted by Crippen LogP contribution is 2.63. The normalized spacial score (nSPS) is 33.7. The van der Waals surface area contributed by atoms with Crippen molar-refractivity contribution in [3.05, 3.63) is 22.2 Å². The van der Waals surface area contributed by atoms with Crippen molar-refractivity contribution in [3.63, 3.8) is 0 Å². The van der Waals surface area contributed by atoms with Gasteiger partial charge in [-0.15, -0.1) is 11.8 Å². The van der Waals surface area contributed by atoms with E-state index in [0.717, 1.165) is 5.56 Å². The second-order valence-electron chi connectivity index (χ2n) is 7.17. The second kappa shape index (κ2) is 6.04. The molecule has 4 rings (SSSR count). The van der Waals surface area contributed by atoms with E-state index in [1.54, 1.807) is 37.9 Å². The third-order valence-corrected chi connectivity index (χ3v) is 7.60. The molecule has 0 radical (unpaired) electrons. The van der Waals surface area contributed by atoms with Crippen molar-refractivity contribution >= 4 is 39.5 Å². The van der Waals surface area contributed by atoms with E-state index in [1.165, 1.54) is 11.8 Å². The first kappa shape index (κ1) is 18.4. The highest BCUT2D eigenvalue weighted by atomic mass is 79.9. The number of hydrogen-bond donors (Lipinski definition) is 1. The van der Waals surface area contributed by atoms with Crippen LogP contribution in [0.15, 0.2) is 16.6 Å². The lowest BCUT2D eigenvalue weighted by Crippen LogP contribution is -2.51. The van der Waals surface area contributed by atoms with Gasteiger partial charge in [0.25, 0.3) is 5.91 Å². The van der Waals surface area contributed by atoms with E-state index in [0.29, 0.717) is 16.0 Å². The molecule has 7 nitrogen and oxygen atoms in total. The van der Waals surface area contributed by atoms with E-state index in [4.69, 9.17) is 9.47 Å². The molecule has 0 aliphatic carbocycles. The molecule has 1 aromatic rings. The van der Waals surface area contributed by atoms with Crippen LogP contribution in [0.25, 0.3) is 0 Å². The molecule has 3 aliphatic heterocycles. The minimum absolute atomic E-state index is 0.128. The van der Waals surface area contributed by atoms with Gasteiger partial charge in [0.15, 0.2) is 16.4 Å². The molecular weight excluding hydrogens is 434 g/mol. The molecule has 3 heterocycles. The van der Waals surface area contributed by atoms with Gasteiger partial charge in [0.2, 0.25) is 12.7 Å². The molecule has 0 aromatic heterocycles. The summed E-state index contributed by atoms with van der Waals surface area (Å²) in [4.78, 5) is 26.5. The molecule has 0 bridgehead atoms. The van der Waals surface area contributed by atoms with E-state index in [-0.39, 0.29) is 30.3 Å². The van der Waals surface area contributed by atoms with Gasteiger partial charge in [0.1, 0.15) is 0 Å². The molecule has 2 saturated heterocycles. The van der Waals surface area contributed by atoms with Crippen LogP contribution in [0, 0.1) is 16.7 Å². The number of hydrogen-bond acceptors (Lipinski definition) is 6. The predicted octanol–water partition coefficient (Wildman–Crippen LogP) is 2.56. The Morgan fingerprint density at radius 2 is 2.11 bits per heavy atom. The first-order valence-corrected chi connectivity index (χ1v) is 10.2. The van der Waals surface area contributed by atoms with Gasteiger partial charge in [-0.3, -0.25) is 9.59 Å². The first-order chi connectivity index (χ1) is 12.8. The second-order valence-corrected chi connectivity index (χ2v) is 9.64. The molecule has 9 heteroatoms. The van der Waals surface area contributed by atoms with E-state index >= 15 is 0 Å². The summed E-state index contributed by atoms with van der Waals surface area (Å²) in [5.41, 5.74) is -0.206. The monoisotopic (exact) mass is 451 g/mol. The summed E-state index contributed by atoms with van der Waals surface area (Å²) in [6.07, 6.45) is 0.252. The van der Waals surface area contributed by atoms with Crippen LogP contribution >= 0.6 is 27.7 Å². The Kier molecular flexibility index (Phi) is 4.13. The highest BCUT2D eigenvalue weighted by Gasteiger charge is 2.68. The van der Waals surface area contributed by atoms with Crippen molar-refractivity contribution in [2.45, 2.75) is 36.4 Å². The summed E-state index contributed by atoms with van der Waals surface area (Å²) >= 11 is 4.87. The van der Waals surface area contributed by atoms with Crippen LogP contribution in [-0.2, 0) is 9.59 Å². The largest absolute Gasteiger partial charge is 0.454 e. The number of carbonyl (C=O) groups excluding carboxylic acids is 2. The summed E-state index contributed by atoms with van der Waals surface area (Å²) in [7, 11) is 1.55. The van der Waals surface area contributed by atoms with E-state index < -0.39 is 16.3 Å². The van der Waals surface area contributed by atoms with Crippen LogP contribution in [0.5, 0.6) is 11.5 Å². The van der Waals surface area contributed by atoms with Crippen molar-refractivity contribution in [1.82, 2.24) is 10.2 Å². The van der Waals surface area contributed by atoms with Gasteiger partial charge in [-0.05, 0) is 31.5 Å². The molecule has 1 N–H and O–H groups in total. The van der Waals surface area contributed by atoms with Crippen molar-refractivity contribution < 1.29 is 19.1 Å². The van der Waals surface area contributed by atoms with Gasteiger partial charge in [0.05, 0.1) is 22.8 Å². The van der Waals surface area contributed by atoms with Gasteiger partial charge in [0, 0.05) is 17.9 Å². The summed E-state index contributed by atoms with van der Waals surface area (Å²) in [5.74, 6) is 0.775. The Bertz CT molecular complexity index is 903. The predicted molar refractivity (Wildman–Crippen MR) is 102 cm³/mol. The highest BCUT2D eigenvalue weighted by molar-refractivity contribution is 9.10. The number of fused-ring (bicyclic) bond motifs is 2. The van der Waals surface area contributed by atoms with E-state index in [1.807, 2.05) is 0 Å². The topological polar surface area (TPSA) is 91.7 Å². The number of nitrogens with zero attached hydrogens (tertiary/aromatic N) is 2. The number of carbonyl (C=O) groups is 2. The Morgan fingerprint density at radius 3 is 2.74 bits per heavy atom. The third-order valence-electron chi connectivity index (χ3n) is 5.44. The van der Waals surface area contributed by atoms with Crippen LogP contribution in [0.1, 0.15) is 31.9 Å².